The molecule has 2 aliphatic rings. The van der Waals surface area contributed by atoms with E-state index < -0.39 is 10.0 Å². The molecule has 1 aromatic rings. The molecule has 2 fully saturated rings. The minimum Gasteiger partial charge on any atom is -0.352 e. The molecule has 0 aliphatic heterocycles. The van der Waals surface area contributed by atoms with E-state index in [0.717, 1.165) is 22.2 Å². The number of fused-ring (bicyclic) bond motifs is 2. The van der Waals surface area contributed by atoms with Gasteiger partial charge >= 0.3 is 0 Å². The number of amides is 1. The number of halogens is 1. The summed E-state index contributed by atoms with van der Waals surface area (Å²) in [6, 6.07) is 7.35. The number of benzene rings is 1. The van der Waals surface area contributed by atoms with E-state index >= 15 is 0 Å². The molecule has 7 heteroatoms. The largest absolute Gasteiger partial charge is 0.352 e. The molecule has 1 N–H and O–H groups in total. The Hall–Kier alpha value is -0.830. The summed E-state index contributed by atoms with van der Waals surface area (Å²) in [4.78, 5) is 12.4. The lowest BCUT2D eigenvalue weighted by atomic mass is 9.95. The highest BCUT2D eigenvalue weighted by atomic mass is 127. The first-order valence-electron chi connectivity index (χ1n) is 7.85. The number of hydrogen-bond acceptors (Lipinski definition) is 3. The van der Waals surface area contributed by atoms with Gasteiger partial charge in [0.05, 0.1) is 11.9 Å². The average Bonchev–Trinajstić information content (AvgIpc) is 3.07. The fourth-order valence-electron chi connectivity index (χ4n) is 3.81. The Kier molecular flexibility index (Phi) is 4.87. The third kappa shape index (κ3) is 3.99. The maximum atomic E-state index is 12.4. The van der Waals surface area contributed by atoms with Crippen molar-refractivity contribution < 1.29 is 13.2 Å². The van der Waals surface area contributed by atoms with E-state index in [9.17, 15) is 13.2 Å². The van der Waals surface area contributed by atoms with Gasteiger partial charge in [0.2, 0.25) is 15.9 Å². The van der Waals surface area contributed by atoms with Gasteiger partial charge in [0.15, 0.2) is 0 Å². The van der Waals surface area contributed by atoms with Crippen molar-refractivity contribution in [3.05, 3.63) is 27.8 Å². The maximum absolute atomic E-state index is 12.4. The van der Waals surface area contributed by atoms with E-state index in [1.807, 2.05) is 12.1 Å². The zero-order valence-corrected chi connectivity index (χ0v) is 16.0. The number of hydrogen-bond donors (Lipinski definition) is 1. The van der Waals surface area contributed by atoms with Gasteiger partial charge in [-0.15, -0.1) is 0 Å². The number of rotatable bonds is 5. The van der Waals surface area contributed by atoms with Gasteiger partial charge in [0.25, 0.3) is 0 Å². The number of nitrogens with zero attached hydrogens (tertiary/aromatic N) is 1. The number of anilines is 1. The summed E-state index contributed by atoms with van der Waals surface area (Å²) in [6.07, 6.45) is 5.84. The Bertz CT molecular complexity index is 690. The van der Waals surface area contributed by atoms with E-state index in [-0.39, 0.29) is 18.5 Å². The molecule has 3 atom stereocenters. The Morgan fingerprint density at radius 2 is 1.96 bits per heavy atom. The monoisotopic (exact) mass is 448 g/mol. The van der Waals surface area contributed by atoms with E-state index in [2.05, 4.69) is 27.9 Å². The van der Waals surface area contributed by atoms with Gasteiger partial charge in [0, 0.05) is 9.61 Å². The molecule has 5 nitrogen and oxygen atoms in total. The smallest absolute Gasteiger partial charge is 0.241 e. The van der Waals surface area contributed by atoms with Crippen LogP contribution >= 0.6 is 22.6 Å². The van der Waals surface area contributed by atoms with E-state index in [4.69, 9.17) is 0 Å². The van der Waals surface area contributed by atoms with Crippen molar-refractivity contribution in [2.45, 2.75) is 31.7 Å². The van der Waals surface area contributed by atoms with Crippen molar-refractivity contribution in [1.29, 1.82) is 0 Å². The first-order valence-corrected chi connectivity index (χ1v) is 10.8. The molecule has 0 saturated heterocycles. The van der Waals surface area contributed by atoms with Crippen LogP contribution < -0.4 is 9.62 Å². The summed E-state index contributed by atoms with van der Waals surface area (Å²) < 4.78 is 26.3. The fraction of sp³-hybridized carbons (Fsp3) is 0.562. The second kappa shape index (κ2) is 6.58. The van der Waals surface area contributed by atoms with Crippen LogP contribution in [0.15, 0.2) is 24.3 Å². The molecular weight excluding hydrogens is 427 g/mol. The molecule has 0 aromatic heterocycles. The van der Waals surface area contributed by atoms with Gasteiger partial charge < -0.3 is 5.32 Å². The third-order valence-corrected chi connectivity index (χ3v) is 6.75. The van der Waals surface area contributed by atoms with Crippen LogP contribution in [0.2, 0.25) is 0 Å². The highest BCUT2D eigenvalue weighted by Crippen LogP contribution is 2.44. The van der Waals surface area contributed by atoms with Gasteiger partial charge in [-0.05, 0) is 78.0 Å². The molecule has 23 heavy (non-hydrogen) atoms. The predicted octanol–water partition coefficient (Wildman–Crippen LogP) is 2.36. The minimum absolute atomic E-state index is 0.159. The van der Waals surface area contributed by atoms with Crippen molar-refractivity contribution in [2.75, 3.05) is 17.1 Å². The SMILES string of the molecule is CS(=O)(=O)N(CC(=O)NC1CC2CCC1C2)c1ccc(I)cc1. The lowest BCUT2D eigenvalue weighted by Crippen LogP contribution is -2.45. The summed E-state index contributed by atoms with van der Waals surface area (Å²) in [5, 5.41) is 3.05. The van der Waals surface area contributed by atoms with Gasteiger partial charge in [-0.2, -0.15) is 0 Å². The maximum Gasteiger partial charge on any atom is 0.241 e. The second-order valence-electron chi connectivity index (χ2n) is 6.59. The Morgan fingerprint density at radius 3 is 2.48 bits per heavy atom. The molecule has 1 aromatic carbocycles. The Balaban J connectivity index is 1.69. The van der Waals surface area contributed by atoms with Crippen LogP contribution in [0, 0.1) is 15.4 Å². The molecule has 0 heterocycles. The molecular formula is C16H21IN2O3S. The first kappa shape index (κ1) is 17.0. The molecule has 126 valence electrons. The molecule has 1 amide bonds. The normalized spacial score (nSPS) is 26.3. The van der Waals surface area contributed by atoms with Crippen LogP contribution in [0.4, 0.5) is 5.69 Å². The Labute approximate surface area is 151 Å². The summed E-state index contributed by atoms with van der Waals surface area (Å²) in [5.74, 6) is 1.10. The molecule has 2 saturated carbocycles. The van der Waals surface area contributed by atoms with Crippen molar-refractivity contribution >= 4 is 44.2 Å². The zero-order chi connectivity index (χ0) is 16.6. The van der Waals surface area contributed by atoms with Crippen molar-refractivity contribution in [1.82, 2.24) is 5.32 Å². The Morgan fingerprint density at radius 1 is 1.26 bits per heavy atom. The van der Waals surface area contributed by atoms with Crippen LogP contribution in [0.1, 0.15) is 25.7 Å². The van der Waals surface area contributed by atoms with Crippen LogP contribution in [0.5, 0.6) is 0 Å². The highest BCUT2D eigenvalue weighted by Gasteiger charge is 2.40. The van der Waals surface area contributed by atoms with Gasteiger partial charge in [-0.25, -0.2) is 8.42 Å². The van der Waals surface area contributed by atoms with Crippen molar-refractivity contribution in [2.24, 2.45) is 11.8 Å². The molecule has 2 bridgehead atoms. The third-order valence-electron chi connectivity index (χ3n) is 4.89. The predicted molar refractivity (Wildman–Crippen MR) is 98.7 cm³/mol. The first-order chi connectivity index (χ1) is 10.8. The standard InChI is InChI=1S/C16H21IN2O3S/c1-23(21,22)19(14-6-4-13(17)5-7-14)10-16(20)18-15-9-11-2-3-12(15)8-11/h4-7,11-12,15H,2-3,8-10H2,1H3,(H,18,20). The van der Waals surface area contributed by atoms with Crippen molar-refractivity contribution in [3.8, 4) is 0 Å². The second-order valence-corrected chi connectivity index (χ2v) is 9.75. The van der Waals surface area contributed by atoms with E-state index in [1.165, 1.54) is 23.6 Å². The average molecular weight is 448 g/mol. The van der Waals surface area contributed by atoms with Gasteiger partial charge in [0.1, 0.15) is 6.54 Å². The highest BCUT2D eigenvalue weighted by molar-refractivity contribution is 14.1. The summed E-state index contributed by atoms with van der Waals surface area (Å²) in [6.45, 7) is -0.159. The lowest BCUT2D eigenvalue weighted by Gasteiger charge is -2.26. The molecule has 0 radical (unpaired) electrons. The number of carbonyl (C=O) groups excluding carboxylic acids is 1. The molecule has 3 rings (SSSR count). The molecule has 2 aliphatic carbocycles. The number of nitrogens with one attached hydrogen (secondary N) is 1. The van der Waals surface area contributed by atoms with Gasteiger partial charge in [-0.1, -0.05) is 6.42 Å². The van der Waals surface area contributed by atoms with Gasteiger partial charge in [-0.3, -0.25) is 9.10 Å². The molecule has 0 spiro atoms. The van der Waals surface area contributed by atoms with Crippen LogP contribution in [-0.4, -0.2) is 33.2 Å². The van der Waals surface area contributed by atoms with Crippen LogP contribution in [0.25, 0.3) is 0 Å². The van der Waals surface area contributed by atoms with E-state index in [1.54, 1.807) is 12.1 Å². The summed E-state index contributed by atoms with van der Waals surface area (Å²) in [7, 11) is -3.50. The summed E-state index contributed by atoms with van der Waals surface area (Å²) in [5.41, 5.74) is 0.524. The fourth-order valence-corrected chi connectivity index (χ4v) is 5.03. The zero-order valence-electron chi connectivity index (χ0n) is 13.0. The van der Waals surface area contributed by atoms with Crippen LogP contribution in [0.3, 0.4) is 0 Å². The quantitative estimate of drug-likeness (QED) is 0.704. The van der Waals surface area contributed by atoms with Crippen LogP contribution in [-0.2, 0) is 14.8 Å². The van der Waals surface area contributed by atoms with E-state index in [0.29, 0.717) is 11.6 Å². The molecule has 3 unspecified atom stereocenters. The van der Waals surface area contributed by atoms with Crippen molar-refractivity contribution in [3.63, 3.8) is 0 Å². The minimum atomic E-state index is -3.50. The summed E-state index contributed by atoms with van der Waals surface area (Å²) >= 11 is 2.16. The number of sulfonamides is 1. The number of carbonyl (C=O) groups is 1. The lowest BCUT2D eigenvalue weighted by molar-refractivity contribution is -0.120. The topological polar surface area (TPSA) is 66.5 Å².